The highest BCUT2D eigenvalue weighted by molar-refractivity contribution is 5.29. The van der Waals surface area contributed by atoms with Crippen LogP contribution in [0.4, 0.5) is 4.39 Å². The second kappa shape index (κ2) is 5.05. The average molecular weight is 237 g/mol. The first-order chi connectivity index (χ1) is 8.12. The van der Waals surface area contributed by atoms with Gasteiger partial charge < -0.3 is 10.1 Å². The Morgan fingerprint density at radius 3 is 3.00 bits per heavy atom. The topological polar surface area (TPSA) is 21.3 Å². The summed E-state index contributed by atoms with van der Waals surface area (Å²) < 4.78 is 19.8. The predicted molar refractivity (Wildman–Crippen MR) is 67.2 cm³/mol. The van der Waals surface area contributed by atoms with Crippen LogP contribution < -0.4 is 10.1 Å². The minimum atomic E-state index is -1.14. The van der Waals surface area contributed by atoms with Gasteiger partial charge in [-0.3, -0.25) is 0 Å². The van der Waals surface area contributed by atoms with E-state index in [4.69, 9.17) is 4.74 Å². The smallest absolute Gasteiger partial charge is 0.119 e. The molecule has 2 atom stereocenters. The van der Waals surface area contributed by atoms with E-state index in [2.05, 4.69) is 5.32 Å². The van der Waals surface area contributed by atoms with Crippen LogP contribution in [0.1, 0.15) is 18.9 Å². The zero-order valence-electron chi connectivity index (χ0n) is 10.5. The Labute approximate surface area is 102 Å². The van der Waals surface area contributed by atoms with Crippen molar-refractivity contribution in [1.82, 2.24) is 5.32 Å². The molecule has 0 aromatic heterocycles. The van der Waals surface area contributed by atoms with Crippen molar-refractivity contribution in [3.63, 3.8) is 0 Å². The van der Waals surface area contributed by atoms with Crippen LogP contribution in [0.15, 0.2) is 24.3 Å². The molecule has 1 aromatic carbocycles. The van der Waals surface area contributed by atoms with Crippen LogP contribution in [0.2, 0.25) is 0 Å². The number of nitrogens with one attached hydrogen (secondary N) is 1. The largest absolute Gasteiger partial charge is 0.497 e. The van der Waals surface area contributed by atoms with Crippen molar-refractivity contribution in [2.75, 3.05) is 20.2 Å². The van der Waals surface area contributed by atoms with Gasteiger partial charge >= 0.3 is 0 Å². The van der Waals surface area contributed by atoms with Crippen LogP contribution in [0.3, 0.4) is 0 Å². The molecule has 0 spiro atoms. The van der Waals surface area contributed by atoms with Crippen molar-refractivity contribution < 1.29 is 9.13 Å². The van der Waals surface area contributed by atoms with Crippen LogP contribution in [0.25, 0.3) is 0 Å². The van der Waals surface area contributed by atoms with Crippen molar-refractivity contribution in [1.29, 1.82) is 0 Å². The second-order valence-electron chi connectivity index (χ2n) is 5.00. The van der Waals surface area contributed by atoms with E-state index >= 15 is 0 Å². The molecule has 0 aliphatic carbocycles. The second-order valence-corrected chi connectivity index (χ2v) is 5.00. The van der Waals surface area contributed by atoms with Gasteiger partial charge in [0.1, 0.15) is 11.4 Å². The van der Waals surface area contributed by atoms with Crippen LogP contribution in [0, 0.1) is 5.92 Å². The summed E-state index contributed by atoms with van der Waals surface area (Å²) in [7, 11) is 1.63. The summed E-state index contributed by atoms with van der Waals surface area (Å²) in [4.78, 5) is 0. The van der Waals surface area contributed by atoms with Crippen molar-refractivity contribution in [2.24, 2.45) is 5.92 Å². The summed E-state index contributed by atoms with van der Waals surface area (Å²) in [6.07, 6.45) is 1.38. The minimum Gasteiger partial charge on any atom is -0.497 e. The standard InChI is InChI=1S/C14H20FNO/c1-14(15,12-6-7-16-10-12)9-11-4-3-5-13(8-11)17-2/h3-5,8,12,16H,6-7,9-10H2,1-2H3. The molecule has 1 heterocycles. The van der Waals surface area contributed by atoms with Gasteiger partial charge in [-0.1, -0.05) is 12.1 Å². The third-order valence-corrected chi connectivity index (χ3v) is 3.60. The van der Waals surface area contributed by atoms with Crippen molar-refractivity contribution in [3.8, 4) is 5.75 Å². The number of rotatable bonds is 4. The maximum Gasteiger partial charge on any atom is 0.119 e. The molecule has 1 aliphatic heterocycles. The first-order valence-electron chi connectivity index (χ1n) is 6.14. The summed E-state index contributed by atoms with van der Waals surface area (Å²) in [6, 6.07) is 7.68. The average Bonchev–Trinajstić information content (AvgIpc) is 2.83. The maximum absolute atomic E-state index is 14.6. The van der Waals surface area contributed by atoms with E-state index in [-0.39, 0.29) is 5.92 Å². The highest BCUT2D eigenvalue weighted by atomic mass is 19.1. The molecule has 1 aliphatic rings. The Balaban J connectivity index is 2.07. The van der Waals surface area contributed by atoms with E-state index in [9.17, 15) is 4.39 Å². The summed E-state index contributed by atoms with van der Waals surface area (Å²) in [5.41, 5.74) is -0.142. The van der Waals surface area contributed by atoms with E-state index < -0.39 is 5.67 Å². The molecule has 0 radical (unpaired) electrons. The molecule has 0 amide bonds. The van der Waals surface area contributed by atoms with Crippen LogP contribution in [-0.2, 0) is 6.42 Å². The number of methoxy groups -OCH3 is 1. The van der Waals surface area contributed by atoms with Gasteiger partial charge in [-0.25, -0.2) is 4.39 Å². The first kappa shape index (κ1) is 12.4. The quantitative estimate of drug-likeness (QED) is 0.869. The van der Waals surface area contributed by atoms with E-state index in [1.165, 1.54) is 0 Å². The monoisotopic (exact) mass is 237 g/mol. The summed E-state index contributed by atoms with van der Waals surface area (Å²) in [5.74, 6) is 0.913. The van der Waals surface area contributed by atoms with E-state index in [0.717, 1.165) is 30.8 Å². The molecular formula is C14H20FNO. The lowest BCUT2D eigenvalue weighted by Crippen LogP contribution is -2.33. The number of hydrogen-bond acceptors (Lipinski definition) is 2. The van der Waals surface area contributed by atoms with Gasteiger partial charge in [0.2, 0.25) is 0 Å². The van der Waals surface area contributed by atoms with E-state index in [1.807, 2.05) is 24.3 Å². The van der Waals surface area contributed by atoms with Gasteiger partial charge in [0, 0.05) is 18.9 Å². The van der Waals surface area contributed by atoms with Crippen molar-refractivity contribution in [3.05, 3.63) is 29.8 Å². The molecule has 1 saturated heterocycles. The van der Waals surface area contributed by atoms with Crippen LogP contribution in [0.5, 0.6) is 5.75 Å². The zero-order valence-corrected chi connectivity index (χ0v) is 10.5. The number of hydrogen-bond donors (Lipinski definition) is 1. The van der Waals surface area contributed by atoms with Crippen LogP contribution >= 0.6 is 0 Å². The summed E-state index contributed by atoms with van der Waals surface area (Å²) in [5, 5.41) is 3.22. The molecule has 0 bridgehead atoms. The number of halogens is 1. The predicted octanol–water partition coefficient (Wildman–Crippen LogP) is 2.58. The first-order valence-corrected chi connectivity index (χ1v) is 6.14. The normalized spacial score (nSPS) is 23.4. The highest BCUT2D eigenvalue weighted by Gasteiger charge is 2.36. The molecule has 0 saturated carbocycles. The molecule has 2 unspecified atom stereocenters. The molecule has 17 heavy (non-hydrogen) atoms. The summed E-state index contributed by atoms with van der Waals surface area (Å²) in [6.45, 7) is 3.43. The fraction of sp³-hybridized carbons (Fsp3) is 0.571. The molecule has 1 aromatic rings. The van der Waals surface area contributed by atoms with Gasteiger partial charge in [0.25, 0.3) is 0 Å². The molecular weight excluding hydrogens is 217 g/mol. The van der Waals surface area contributed by atoms with Crippen LogP contribution in [-0.4, -0.2) is 25.9 Å². The minimum absolute atomic E-state index is 0.119. The van der Waals surface area contributed by atoms with E-state index in [0.29, 0.717) is 6.42 Å². The highest BCUT2D eigenvalue weighted by Crippen LogP contribution is 2.31. The lowest BCUT2D eigenvalue weighted by molar-refractivity contribution is 0.113. The molecule has 94 valence electrons. The van der Waals surface area contributed by atoms with Gasteiger partial charge in [0.05, 0.1) is 7.11 Å². The molecule has 1 fully saturated rings. The lowest BCUT2D eigenvalue weighted by Gasteiger charge is -2.27. The Kier molecular flexibility index (Phi) is 3.67. The number of alkyl halides is 1. The Morgan fingerprint density at radius 1 is 1.53 bits per heavy atom. The molecule has 2 nitrogen and oxygen atoms in total. The van der Waals surface area contributed by atoms with Gasteiger partial charge in [-0.05, 0) is 37.6 Å². The summed E-state index contributed by atoms with van der Waals surface area (Å²) >= 11 is 0. The third kappa shape index (κ3) is 2.97. The Hall–Kier alpha value is -1.09. The maximum atomic E-state index is 14.6. The number of ether oxygens (including phenoxy) is 1. The zero-order chi connectivity index (χ0) is 12.3. The van der Waals surface area contributed by atoms with Crippen molar-refractivity contribution >= 4 is 0 Å². The lowest BCUT2D eigenvalue weighted by atomic mass is 9.85. The van der Waals surface area contributed by atoms with Gasteiger partial charge in [0.15, 0.2) is 0 Å². The van der Waals surface area contributed by atoms with E-state index in [1.54, 1.807) is 14.0 Å². The van der Waals surface area contributed by atoms with Gasteiger partial charge in [-0.2, -0.15) is 0 Å². The fourth-order valence-corrected chi connectivity index (χ4v) is 2.49. The Bertz CT molecular complexity index is 372. The third-order valence-electron chi connectivity index (χ3n) is 3.60. The SMILES string of the molecule is COc1cccc(CC(C)(F)C2CCNC2)c1. The molecule has 1 N–H and O–H groups in total. The fourth-order valence-electron chi connectivity index (χ4n) is 2.49. The van der Waals surface area contributed by atoms with Gasteiger partial charge in [-0.15, -0.1) is 0 Å². The Morgan fingerprint density at radius 2 is 2.35 bits per heavy atom. The molecule has 2 rings (SSSR count). The number of benzene rings is 1. The molecule has 3 heteroatoms. The van der Waals surface area contributed by atoms with Crippen molar-refractivity contribution in [2.45, 2.75) is 25.4 Å².